The third-order valence-electron chi connectivity index (χ3n) is 3.41. The summed E-state index contributed by atoms with van der Waals surface area (Å²) in [4.78, 5) is 2.06. The second-order valence-corrected chi connectivity index (χ2v) is 8.45. The van der Waals surface area contributed by atoms with E-state index in [0.29, 0.717) is 10.8 Å². The number of sulfonamides is 1. The number of hydrogen-bond acceptors (Lipinski definition) is 3. The number of aryl methyl sites for hydroxylation is 1. The summed E-state index contributed by atoms with van der Waals surface area (Å²) in [5, 5.41) is 0. The minimum absolute atomic E-state index is 0.349. The Morgan fingerprint density at radius 2 is 2.00 bits per heavy atom. The highest BCUT2D eigenvalue weighted by atomic mass is 35.5. The molecule has 0 unspecified atom stereocenters. The third kappa shape index (κ3) is 2.90. The Labute approximate surface area is 119 Å². The van der Waals surface area contributed by atoms with Crippen LogP contribution >= 0.6 is 22.9 Å². The van der Waals surface area contributed by atoms with Crippen molar-refractivity contribution in [3.8, 4) is 0 Å². The van der Waals surface area contributed by atoms with Gasteiger partial charge in [-0.2, -0.15) is 4.31 Å². The molecule has 6 heteroatoms. The first-order chi connectivity index (χ1) is 8.16. The van der Waals surface area contributed by atoms with Crippen LogP contribution in [0.2, 0.25) is 0 Å². The number of thiophene rings is 1. The monoisotopic (exact) mass is 309 g/mol. The van der Waals surface area contributed by atoms with Crippen molar-refractivity contribution in [2.75, 3.05) is 7.05 Å². The summed E-state index contributed by atoms with van der Waals surface area (Å²) in [6, 6.07) is 1.69. The lowest BCUT2D eigenvalue weighted by molar-refractivity contribution is 0.257. The van der Waals surface area contributed by atoms with Crippen LogP contribution in [-0.4, -0.2) is 25.3 Å². The average molecular weight is 310 g/mol. The summed E-state index contributed by atoms with van der Waals surface area (Å²) in [5.41, 5.74) is -0.395. The Bertz CT molecular complexity index is 520. The summed E-state index contributed by atoms with van der Waals surface area (Å²) in [6.45, 7) is 7.65. The topological polar surface area (TPSA) is 37.4 Å². The van der Waals surface area contributed by atoms with E-state index in [1.807, 2.05) is 27.7 Å². The van der Waals surface area contributed by atoms with Crippen LogP contribution < -0.4 is 0 Å². The molecule has 0 aliphatic carbocycles. The van der Waals surface area contributed by atoms with Gasteiger partial charge in [-0.25, -0.2) is 8.42 Å². The molecular weight excluding hydrogens is 290 g/mol. The zero-order valence-electron chi connectivity index (χ0n) is 11.4. The summed E-state index contributed by atoms with van der Waals surface area (Å²) in [7, 11) is -1.81. The summed E-state index contributed by atoms with van der Waals surface area (Å²) in [6.07, 6.45) is 0.758. The molecule has 1 aromatic heterocycles. The molecule has 0 amide bonds. The highest BCUT2D eigenvalue weighted by molar-refractivity contribution is 7.89. The van der Waals surface area contributed by atoms with Crippen LogP contribution in [-0.2, 0) is 15.9 Å². The van der Waals surface area contributed by atoms with Crippen molar-refractivity contribution in [1.29, 1.82) is 0 Å². The first kappa shape index (κ1) is 16.0. The van der Waals surface area contributed by atoms with Crippen molar-refractivity contribution in [2.45, 2.75) is 50.4 Å². The quantitative estimate of drug-likeness (QED) is 0.779. The zero-order chi connectivity index (χ0) is 14.1. The minimum Gasteiger partial charge on any atom is -0.207 e. The Morgan fingerprint density at radius 1 is 1.44 bits per heavy atom. The van der Waals surface area contributed by atoms with Crippen molar-refractivity contribution in [3.05, 3.63) is 15.8 Å². The van der Waals surface area contributed by atoms with E-state index in [1.54, 1.807) is 13.1 Å². The average Bonchev–Trinajstić information content (AvgIpc) is 2.70. The first-order valence-corrected chi connectivity index (χ1v) is 8.60. The van der Waals surface area contributed by atoms with Crippen molar-refractivity contribution >= 4 is 33.0 Å². The summed E-state index contributed by atoms with van der Waals surface area (Å²) >= 11 is 7.20. The maximum absolute atomic E-state index is 12.6. The Morgan fingerprint density at radius 3 is 2.39 bits per heavy atom. The lowest BCUT2D eigenvalue weighted by Gasteiger charge is -2.33. The molecule has 1 rings (SSSR count). The van der Waals surface area contributed by atoms with E-state index in [0.717, 1.165) is 16.2 Å². The fourth-order valence-electron chi connectivity index (χ4n) is 1.54. The molecule has 0 aromatic carbocycles. The highest BCUT2D eigenvalue weighted by Gasteiger charge is 2.34. The third-order valence-corrected chi connectivity index (χ3v) is 7.23. The number of rotatable bonds is 5. The molecule has 1 heterocycles. The SMILES string of the molecule is CCC(C)(C)N(C)S(=O)(=O)c1cc(CCl)sc1C. The van der Waals surface area contributed by atoms with Crippen LogP contribution in [0, 0.1) is 6.92 Å². The van der Waals surface area contributed by atoms with Gasteiger partial charge in [0.1, 0.15) is 0 Å². The van der Waals surface area contributed by atoms with Crippen molar-refractivity contribution in [1.82, 2.24) is 4.31 Å². The van der Waals surface area contributed by atoms with E-state index in [4.69, 9.17) is 11.6 Å². The fraction of sp³-hybridized carbons (Fsp3) is 0.667. The molecule has 18 heavy (non-hydrogen) atoms. The predicted octanol–water partition coefficient (Wildman–Crippen LogP) is 3.60. The van der Waals surface area contributed by atoms with Gasteiger partial charge in [-0.1, -0.05) is 6.92 Å². The largest absolute Gasteiger partial charge is 0.244 e. The maximum Gasteiger partial charge on any atom is 0.244 e. The van der Waals surface area contributed by atoms with Crippen molar-refractivity contribution in [2.24, 2.45) is 0 Å². The van der Waals surface area contributed by atoms with Gasteiger partial charge in [0.15, 0.2) is 0 Å². The molecule has 3 nitrogen and oxygen atoms in total. The Hall–Kier alpha value is -0.100. The molecule has 0 radical (unpaired) electrons. The van der Waals surface area contributed by atoms with Gasteiger partial charge in [0.25, 0.3) is 0 Å². The lowest BCUT2D eigenvalue weighted by atomic mass is 10.0. The second kappa shape index (κ2) is 5.49. The van der Waals surface area contributed by atoms with Gasteiger partial charge in [0.05, 0.1) is 10.8 Å². The van der Waals surface area contributed by atoms with Gasteiger partial charge in [-0.05, 0) is 33.3 Å². The lowest BCUT2D eigenvalue weighted by Crippen LogP contribution is -2.44. The Kier molecular flexibility index (Phi) is 4.87. The van der Waals surface area contributed by atoms with Crippen LogP contribution in [0.15, 0.2) is 11.0 Å². The molecule has 1 aromatic rings. The maximum atomic E-state index is 12.6. The van der Waals surface area contributed by atoms with E-state index in [9.17, 15) is 8.42 Å². The van der Waals surface area contributed by atoms with Crippen molar-refractivity contribution < 1.29 is 8.42 Å². The molecule has 0 aliphatic rings. The zero-order valence-corrected chi connectivity index (χ0v) is 13.8. The van der Waals surface area contributed by atoms with Gasteiger partial charge in [0.2, 0.25) is 10.0 Å². The van der Waals surface area contributed by atoms with Gasteiger partial charge in [0, 0.05) is 22.3 Å². The first-order valence-electron chi connectivity index (χ1n) is 5.81. The minimum atomic E-state index is -3.44. The fourth-order valence-corrected chi connectivity index (χ4v) is 4.81. The van der Waals surface area contributed by atoms with Crippen molar-refractivity contribution in [3.63, 3.8) is 0 Å². The summed E-state index contributed by atoms with van der Waals surface area (Å²) < 4.78 is 26.6. The number of halogens is 1. The van der Waals surface area contributed by atoms with Crippen LogP contribution in [0.3, 0.4) is 0 Å². The van der Waals surface area contributed by atoms with Crippen LogP contribution in [0.4, 0.5) is 0 Å². The Balaban J connectivity index is 3.25. The van der Waals surface area contributed by atoms with Gasteiger partial charge in [-0.15, -0.1) is 22.9 Å². The van der Waals surface area contributed by atoms with E-state index >= 15 is 0 Å². The molecule has 104 valence electrons. The van der Waals surface area contributed by atoms with E-state index < -0.39 is 15.6 Å². The molecule has 0 aliphatic heterocycles. The molecule has 0 spiro atoms. The number of alkyl halides is 1. The normalized spacial score (nSPS) is 13.3. The van der Waals surface area contributed by atoms with E-state index in [1.165, 1.54) is 15.6 Å². The van der Waals surface area contributed by atoms with E-state index in [2.05, 4.69) is 0 Å². The molecule has 0 saturated heterocycles. The molecular formula is C12H20ClNO2S2. The van der Waals surface area contributed by atoms with Crippen LogP contribution in [0.25, 0.3) is 0 Å². The predicted molar refractivity (Wildman–Crippen MR) is 77.9 cm³/mol. The smallest absolute Gasteiger partial charge is 0.207 e. The van der Waals surface area contributed by atoms with Gasteiger partial charge < -0.3 is 0 Å². The molecule has 0 N–H and O–H groups in total. The van der Waals surface area contributed by atoms with Crippen LogP contribution in [0.5, 0.6) is 0 Å². The standard InChI is InChI=1S/C12H20ClNO2S2/c1-6-12(3,4)14(5)18(15,16)11-7-10(8-13)17-9(11)2/h7H,6,8H2,1-5H3. The van der Waals surface area contributed by atoms with Gasteiger partial charge in [-0.3, -0.25) is 0 Å². The van der Waals surface area contributed by atoms with E-state index in [-0.39, 0.29) is 0 Å². The second-order valence-electron chi connectivity index (χ2n) is 4.91. The van der Waals surface area contributed by atoms with Crippen LogP contribution in [0.1, 0.15) is 36.9 Å². The molecule has 0 saturated carbocycles. The number of nitrogens with zero attached hydrogens (tertiary/aromatic N) is 1. The molecule has 0 bridgehead atoms. The van der Waals surface area contributed by atoms with Gasteiger partial charge >= 0.3 is 0 Å². The summed E-state index contributed by atoms with van der Waals surface area (Å²) in [5.74, 6) is 0.349. The molecule has 0 fully saturated rings. The molecule has 0 atom stereocenters. The highest BCUT2D eigenvalue weighted by Crippen LogP contribution is 2.32. The number of hydrogen-bond donors (Lipinski definition) is 0.